The van der Waals surface area contributed by atoms with Gasteiger partial charge in [-0.15, -0.1) is 0 Å². The normalized spacial score (nSPS) is 10.3. The predicted molar refractivity (Wildman–Crippen MR) is 75.6 cm³/mol. The van der Waals surface area contributed by atoms with E-state index in [2.05, 4.69) is 20.6 Å². The van der Waals surface area contributed by atoms with Crippen LogP contribution in [0.2, 0.25) is 5.02 Å². The Hall–Kier alpha value is -1.88. The van der Waals surface area contributed by atoms with Crippen LogP contribution in [0.15, 0.2) is 24.3 Å². The minimum absolute atomic E-state index is 0.357. The average Bonchev–Trinajstić information content (AvgIpc) is 2.33. The van der Waals surface area contributed by atoms with Crippen LogP contribution in [0, 0.1) is 12.7 Å². The zero-order valence-corrected chi connectivity index (χ0v) is 11.4. The molecule has 0 aliphatic carbocycles. The topological polar surface area (TPSA) is 49.8 Å². The molecule has 0 unspecified atom stereocenters. The molecule has 0 bridgehead atoms. The second-order valence-corrected chi connectivity index (χ2v) is 4.40. The smallest absolute Gasteiger partial charge is 0.224 e. The number of aryl methyl sites for hydroxylation is 1. The average molecular weight is 281 g/mol. The molecule has 0 radical (unpaired) electrons. The Bertz CT molecular complexity index is 589. The lowest BCUT2D eigenvalue weighted by Gasteiger charge is -2.10. The van der Waals surface area contributed by atoms with Crippen molar-refractivity contribution in [2.24, 2.45) is 0 Å². The first-order valence-corrected chi connectivity index (χ1v) is 6.28. The number of nitrogens with one attached hydrogen (secondary N) is 2. The molecule has 0 atom stereocenters. The van der Waals surface area contributed by atoms with Crippen molar-refractivity contribution >= 4 is 29.1 Å². The van der Waals surface area contributed by atoms with E-state index in [0.717, 1.165) is 12.2 Å². The summed E-state index contributed by atoms with van der Waals surface area (Å²) < 4.78 is 13.2. The van der Waals surface area contributed by atoms with Gasteiger partial charge in [-0.25, -0.2) is 9.37 Å². The van der Waals surface area contributed by atoms with Gasteiger partial charge in [0, 0.05) is 18.3 Å². The van der Waals surface area contributed by atoms with Gasteiger partial charge in [0.15, 0.2) is 0 Å². The summed E-state index contributed by atoms with van der Waals surface area (Å²) in [6.07, 6.45) is 0. The van der Waals surface area contributed by atoms with Crippen molar-refractivity contribution in [3.8, 4) is 0 Å². The van der Waals surface area contributed by atoms with Crippen molar-refractivity contribution in [3.05, 3.63) is 40.8 Å². The van der Waals surface area contributed by atoms with Crippen LogP contribution in [-0.2, 0) is 0 Å². The van der Waals surface area contributed by atoms with E-state index in [0.29, 0.717) is 22.5 Å². The quantitative estimate of drug-likeness (QED) is 0.895. The molecule has 0 amide bonds. The molecule has 2 rings (SSSR count). The first-order chi connectivity index (χ1) is 9.08. The fraction of sp³-hybridized carbons (Fsp3) is 0.231. The zero-order chi connectivity index (χ0) is 13.8. The number of nitrogens with zero attached hydrogens (tertiary/aromatic N) is 2. The standard InChI is InChI=1S/C13H14ClFN4/c1-3-16-13-17-8(2)6-12(19-13)18-11-7-9(15)4-5-10(11)14/h4-7H,3H2,1-2H3,(H2,16,17,18,19). The molecule has 0 fully saturated rings. The monoisotopic (exact) mass is 280 g/mol. The fourth-order valence-corrected chi connectivity index (χ4v) is 1.77. The number of hydrogen-bond acceptors (Lipinski definition) is 4. The van der Waals surface area contributed by atoms with Crippen LogP contribution < -0.4 is 10.6 Å². The van der Waals surface area contributed by atoms with Gasteiger partial charge in [0.1, 0.15) is 11.6 Å². The van der Waals surface area contributed by atoms with Crippen LogP contribution in [0.25, 0.3) is 0 Å². The minimum Gasteiger partial charge on any atom is -0.354 e. The van der Waals surface area contributed by atoms with Gasteiger partial charge in [-0.3, -0.25) is 0 Å². The lowest BCUT2D eigenvalue weighted by Crippen LogP contribution is -2.05. The Morgan fingerprint density at radius 2 is 2.05 bits per heavy atom. The lowest BCUT2D eigenvalue weighted by molar-refractivity contribution is 0.628. The van der Waals surface area contributed by atoms with Crippen molar-refractivity contribution in [2.45, 2.75) is 13.8 Å². The molecule has 19 heavy (non-hydrogen) atoms. The summed E-state index contributed by atoms with van der Waals surface area (Å²) in [6.45, 7) is 4.55. The third-order valence-electron chi connectivity index (χ3n) is 2.38. The van der Waals surface area contributed by atoms with Gasteiger partial charge >= 0.3 is 0 Å². The molecule has 2 N–H and O–H groups in total. The molecule has 0 saturated carbocycles. The summed E-state index contributed by atoms with van der Waals surface area (Å²) in [5, 5.41) is 6.45. The highest BCUT2D eigenvalue weighted by Gasteiger charge is 2.06. The molecule has 2 aromatic rings. The highest BCUT2D eigenvalue weighted by molar-refractivity contribution is 6.33. The van der Waals surface area contributed by atoms with Crippen LogP contribution in [0.5, 0.6) is 0 Å². The molecule has 100 valence electrons. The molecule has 4 nitrogen and oxygen atoms in total. The van der Waals surface area contributed by atoms with Gasteiger partial charge in [-0.1, -0.05) is 11.6 Å². The minimum atomic E-state index is -0.357. The number of halogens is 2. The summed E-state index contributed by atoms with van der Waals surface area (Å²) in [7, 11) is 0. The van der Waals surface area contributed by atoms with E-state index in [1.807, 2.05) is 13.8 Å². The summed E-state index contributed by atoms with van der Waals surface area (Å²) >= 11 is 6.00. The third kappa shape index (κ3) is 3.54. The molecule has 0 saturated heterocycles. The molecular formula is C13H14ClFN4. The summed E-state index contributed by atoms with van der Waals surface area (Å²) in [4.78, 5) is 8.51. The number of rotatable bonds is 4. The van der Waals surface area contributed by atoms with Crippen molar-refractivity contribution in [1.29, 1.82) is 0 Å². The summed E-state index contributed by atoms with van der Waals surface area (Å²) in [6, 6.07) is 5.90. The van der Waals surface area contributed by atoms with E-state index >= 15 is 0 Å². The van der Waals surface area contributed by atoms with Gasteiger partial charge in [0.05, 0.1) is 10.7 Å². The van der Waals surface area contributed by atoms with Crippen LogP contribution in [0.4, 0.5) is 21.8 Å². The largest absolute Gasteiger partial charge is 0.354 e. The van der Waals surface area contributed by atoms with E-state index in [4.69, 9.17) is 11.6 Å². The van der Waals surface area contributed by atoms with Gasteiger partial charge in [0.2, 0.25) is 5.95 Å². The number of anilines is 3. The van der Waals surface area contributed by atoms with Crippen LogP contribution >= 0.6 is 11.6 Å². The lowest BCUT2D eigenvalue weighted by atomic mass is 10.3. The van der Waals surface area contributed by atoms with E-state index in [1.165, 1.54) is 18.2 Å². The highest BCUT2D eigenvalue weighted by atomic mass is 35.5. The van der Waals surface area contributed by atoms with Gasteiger partial charge < -0.3 is 10.6 Å². The van der Waals surface area contributed by atoms with Gasteiger partial charge in [-0.05, 0) is 32.0 Å². The Morgan fingerprint density at radius 3 is 2.79 bits per heavy atom. The molecule has 0 aliphatic heterocycles. The van der Waals surface area contributed by atoms with E-state index in [-0.39, 0.29) is 5.82 Å². The Balaban J connectivity index is 2.29. The zero-order valence-electron chi connectivity index (χ0n) is 10.7. The summed E-state index contributed by atoms with van der Waals surface area (Å²) in [5.41, 5.74) is 1.28. The first-order valence-electron chi connectivity index (χ1n) is 5.90. The maximum Gasteiger partial charge on any atom is 0.224 e. The SMILES string of the molecule is CCNc1nc(C)cc(Nc2cc(F)ccc2Cl)n1. The molecule has 1 aromatic heterocycles. The van der Waals surface area contributed by atoms with Crippen molar-refractivity contribution in [2.75, 3.05) is 17.2 Å². The second-order valence-electron chi connectivity index (χ2n) is 4.00. The Labute approximate surface area is 116 Å². The fourth-order valence-electron chi connectivity index (χ4n) is 1.60. The van der Waals surface area contributed by atoms with E-state index in [1.54, 1.807) is 6.07 Å². The van der Waals surface area contributed by atoms with Crippen LogP contribution in [0.1, 0.15) is 12.6 Å². The maximum atomic E-state index is 13.2. The van der Waals surface area contributed by atoms with Crippen molar-refractivity contribution < 1.29 is 4.39 Å². The molecule has 1 aromatic carbocycles. The van der Waals surface area contributed by atoms with Crippen molar-refractivity contribution in [1.82, 2.24) is 9.97 Å². The summed E-state index contributed by atoms with van der Waals surface area (Å²) in [5.74, 6) is 0.734. The number of benzene rings is 1. The van der Waals surface area contributed by atoms with Crippen LogP contribution in [-0.4, -0.2) is 16.5 Å². The van der Waals surface area contributed by atoms with Gasteiger partial charge in [-0.2, -0.15) is 4.98 Å². The number of hydrogen-bond donors (Lipinski definition) is 2. The van der Waals surface area contributed by atoms with E-state index in [9.17, 15) is 4.39 Å². The second kappa shape index (κ2) is 5.84. The molecule has 0 spiro atoms. The molecule has 0 aliphatic rings. The highest BCUT2D eigenvalue weighted by Crippen LogP contribution is 2.25. The van der Waals surface area contributed by atoms with Crippen LogP contribution in [0.3, 0.4) is 0 Å². The van der Waals surface area contributed by atoms with Crippen molar-refractivity contribution in [3.63, 3.8) is 0 Å². The number of aromatic nitrogens is 2. The third-order valence-corrected chi connectivity index (χ3v) is 2.71. The molecule has 6 heteroatoms. The predicted octanol–water partition coefficient (Wildman–Crippen LogP) is 3.75. The van der Waals surface area contributed by atoms with Gasteiger partial charge in [0.25, 0.3) is 0 Å². The Kier molecular flexibility index (Phi) is 4.16. The first kappa shape index (κ1) is 13.5. The molecule has 1 heterocycles. The maximum absolute atomic E-state index is 13.2. The molecular weight excluding hydrogens is 267 g/mol. The van der Waals surface area contributed by atoms with E-state index < -0.39 is 0 Å². The Morgan fingerprint density at radius 1 is 1.26 bits per heavy atom.